The fourth-order valence-corrected chi connectivity index (χ4v) is 1.38. The van der Waals surface area contributed by atoms with Crippen LogP contribution in [0.25, 0.3) is 0 Å². The molecule has 1 fully saturated rings. The normalized spacial score (nSPS) is 26.6. The summed E-state index contributed by atoms with van der Waals surface area (Å²) in [5.74, 6) is 0.0806. The number of methoxy groups -OCH3 is 1. The van der Waals surface area contributed by atoms with Gasteiger partial charge in [-0.2, -0.15) is 0 Å². The van der Waals surface area contributed by atoms with E-state index in [1.54, 1.807) is 7.11 Å². The molecule has 2 atom stereocenters. The molecule has 1 heterocycles. The molecule has 1 aliphatic rings. The first kappa shape index (κ1) is 12.7. The highest BCUT2D eigenvalue weighted by Gasteiger charge is 2.28. The lowest BCUT2D eigenvalue weighted by atomic mass is 10.2. The van der Waals surface area contributed by atoms with Crippen molar-refractivity contribution in [3.8, 4) is 0 Å². The minimum Gasteiger partial charge on any atom is -0.380 e. The van der Waals surface area contributed by atoms with Gasteiger partial charge >= 0.3 is 0 Å². The summed E-state index contributed by atoms with van der Waals surface area (Å²) in [6.45, 7) is 3.38. The van der Waals surface area contributed by atoms with Crippen LogP contribution in [0.2, 0.25) is 0 Å². The molecule has 0 radical (unpaired) electrons. The Hall–Kier alpha value is -0.320. The summed E-state index contributed by atoms with van der Waals surface area (Å²) in [6, 6.07) is -0.0603. The van der Waals surface area contributed by atoms with E-state index >= 15 is 0 Å². The zero-order valence-corrected chi connectivity index (χ0v) is 8.82. The Morgan fingerprint density at radius 2 is 2.38 bits per heavy atom. The van der Waals surface area contributed by atoms with Gasteiger partial charge in [0.1, 0.15) is 0 Å². The summed E-state index contributed by atoms with van der Waals surface area (Å²) < 4.78 is 5.13. The van der Waals surface area contributed by atoms with E-state index in [2.05, 4.69) is 10.6 Å². The average molecular weight is 209 g/mol. The molecule has 0 aromatic rings. The van der Waals surface area contributed by atoms with Crippen LogP contribution in [0, 0.1) is 0 Å². The lowest BCUT2D eigenvalue weighted by Crippen LogP contribution is -2.40. The molecule has 1 aliphatic heterocycles. The van der Waals surface area contributed by atoms with Gasteiger partial charge in [-0.3, -0.25) is 4.79 Å². The number of carbonyl (C=O) groups is 1. The van der Waals surface area contributed by atoms with Crippen LogP contribution in [0.1, 0.15) is 13.3 Å². The maximum Gasteiger partial charge on any atom is 0.237 e. The van der Waals surface area contributed by atoms with Crippen LogP contribution in [0.4, 0.5) is 0 Å². The molecule has 1 amide bonds. The van der Waals surface area contributed by atoms with Crippen LogP contribution in [0.3, 0.4) is 0 Å². The fraction of sp³-hybridized carbons (Fsp3) is 0.875. The molecule has 0 spiro atoms. The van der Waals surface area contributed by atoms with Crippen molar-refractivity contribution in [1.29, 1.82) is 0 Å². The van der Waals surface area contributed by atoms with Crippen LogP contribution in [0.15, 0.2) is 0 Å². The summed E-state index contributed by atoms with van der Waals surface area (Å²) in [7, 11) is 1.67. The quantitative estimate of drug-likeness (QED) is 0.683. The number of amides is 1. The third kappa shape index (κ3) is 3.50. The van der Waals surface area contributed by atoms with Crippen molar-refractivity contribution >= 4 is 18.3 Å². The third-order valence-corrected chi connectivity index (χ3v) is 2.09. The number of carbonyl (C=O) groups excluding carboxylic acids is 1. The predicted octanol–water partition coefficient (Wildman–Crippen LogP) is -0.0788. The lowest BCUT2D eigenvalue weighted by molar-refractivity contribution is -0.122. The molecule has 2 N–H and O–H groups in total. The smallest absolute Gasteiger partial charge is 0.237 e. The molecule has 0 unspecified atom stereocenters. The summed E-state index contributed by atoms with van der Waals surface area (Å²) >= 11 is 0. The molecule has 5 heteroatoms. The summed E-state index contributed by atoms with van der Waals surface area (Å²) in [6.07, 6.45) is 0.972. The second-order valence-corrected chi connectivity index (χ2v) is 2.95. The number of likely N-dealkylation sites (N-methyl/N-ethyl adjacent to an activating group) is 1. The lowest BCUT2D eigenvalue weighted by Gasteiger charge is -2.09. The standard InChI is InChI=1S/C8H16N2O2.ClH/c1-3-9-8(11)7-4-6(12-2)5-10-7;/h6-7,10H,3-5H2,1-2H3,(H,9,11);1H/t6-,7-;/m0./s1. The van der Waals surface area contributed by atoms with Crippen LogP contribution < -0.4 is 10.6 Å². The molecule has 13 heavy (non-hydrogen) atoms. The second kappa shape index (κ2) is 6.18. The van der Waals surface area contributed by atoms with Crippen LogP contribution in [0.5, 0.6) is 0 Å². The number of hydrogen-bond acceptors (Lipinski definition) is 3. The predicted molar refractivity (Wildman–Crippen MR) is 53.1 cm³/mol. The fourth-order valence-electron chi connectivity index (χ4n) is 1.38. The average Bonchev–Trinajstić information content (AvgIpc) is 2.52. The van der Waals surface area contributed by atoms with Gasteiger partial charge in [-0.15, -0.1) is 12.4 Å². The minimum absolute atomic E-state index is 0. The monoisotopic (exact) mass is 208 g/mol. The molecular formula is C8H17ClN2O2. The van der Waals surface area contributed by atoms with Gasteiger partial charge in [0, 0.05) is 20.2 Å². The van der Waals surface area contributed by atoms with E-state index in [1.165, 1.54) is 0 Å². The van der Waals surface area contributed by atoms with Gasteiger partial charge < -0.3 is 15.4 Å². The van der Waals surface area contributed by atoms with E-state index in [-0.39, 0.29) is 30.5 Å². The van der Waals surface area contributed by atoms with Crippen molar-refractivity contribution in [2.75, 3.05) is 20.2 Å². The highest BCUT2D eigenvalue weighted by atomic mass is 35.5. The molecule has 0 aromatic carbocycles. The maximum atomic E-state index is 11.3. The summed E-state index contributed by atoms with van der Waals surface area (Å²) in [5.41, 5.74) is 0. The largest absolute Gasteiger partial charge is 0.380 e. The van der Waals surface area contributed by atoms with Crippen molar-refractivity contribution in [3.63, 3.8) is 0 Å². The Bertz CT molecular complexity index is 166. The van der Waals surface area contributed by atoms with Gasteiger partial charge in [-0.25, -0.2) is 0 Å². The molecule has 0 bridgehead atoms. The third-order valence-electron chi connectivity index (χ3n) is 2.09. The molecule has 4 nitrogen and oxygen atoms in total. The Morgan fingerprint density at radius 3 is 2.85 bits per heavy atom. The van der Waals surface area contributed by atoms with E-state index in [4.69, 9.17) is 4.74 Å². The van der Waals surface area contributed by atoms with E-state index in [1.807, 2.05) is 6.92 Å². The van der Waals surface area contributed by atoms with E-state index < -0.39 is 0 Å². The van der Waals surface area contributed by atoms with E-state index in [0.29, 0.717) is 6.54 Å². The molecule has 0 saturated carbocycles. The van der Waals surface area contributed by atoms with Gasteiger partial charge in [0.15, 0.2) is 0 Å². The van der Waals surface area contributed by atoms with Gasteiger partial charge in [-0.05, 0) is 13.3 Å². The van der Waals surface area contributed by atoms with Gasteiger partial charge in [-0.1, -0.05) is 0 Å². The number of ether oxygens (including phenoxy) is 1. The Morgan fingerprint density at radius 1 is 1.69 bits per heavy atom. The Balaban J connectivity index is 0.00000144. The van der Waals surface area contributed by atoms with Crippen molar-refractivity contribution in [2.24, 2.45) is 0 Å². The second-order valence-electron chi connectivity index (χ2n) is 2.95. The van der Waals surface area contributed by atoms with E-state index in [9.17, 15) is 4.79 Å². The number of rotatable bonds is 3. The van der Waals surface area contributed by atoms with Crippen LogP contribution in [-0.4, -0.2) is 38.3 Å². The zero-order valence-electron chi connectivity index (χ0n) is 8.00. The summed E-state index contributed by atoms with van der Waals surface area (Å²) in [4.78, 5) is 11.3. The van der Waals surface area contributed by atoms with Crippen LogP contribution in [-0.2, 0) is 9.53 Å². The number of halogens is 1. The SMILES string of the molecule is CCNC(=O)[C@@H]1C[C@H](OC)CN1.Cl. The van der Waals surface area contributed by atoms with Gasteiger partial charge in [0.05, 0.1) is 12.1 Å². The van der Waals surface area contributed by atoms with E-state index in [0.717, 1.165) is 13.0 Å². The van der Waals surface area contributed by atoms with Crippen molar-refractivity contribution in [1.82, 2.24) is 10.6 Å². The molecule has 0 aliphatic carbocycles. The van der Waals surface area contributed by atoms with Crippen molar-refractivity contribution in [2.45, 2.75) is 25.5 Å². The Labute approximate surface area is 84.8 Å². The highest BCUT2D eigenvalue weighted by Crippen LogP contribution is 2.08. The Kier molecular flexibility index (Phi) is 6.03. The zero-order chi connectivity index (χ0) is 8.97. The van der Waals surface area contributed by atoms with Gasteiger partial charge in [0.25, 0.3) is 0 Å². The highest BCUT2D eigenvalue weighted by molar-refractivity contribution is 5.85. The molecule has 1 saturated heterocycles. The van der Waals surface area contributed by atoms with Crippen molar-refractivity contribution < 1.29 is 9.53 Å². The molecule has 1 rings (SSSR count). The van der Waals surface area contributed by atoms with Crippen molar-refractivity contribution in [3.05, 3.63) is 0 Å². The topological polar surface area (TPSA) is 50.4 Å². The first-order valence-corrected chi connectivity index (χ1v) is 4.31. The maximum absolute atomic E-state index is 11.3. The first-order valence-electron chi connectivity index (χ1n) is 4.31. The molecule has 0 aromatic heterocycles. The number of hydrogen-bond donors (Lipinski definition) is 2. The minimum atomic E-state index is -0.0603. The molecular weight excluding hydrogens is 192 g/mol. The molecule has 78 valence electrons. The number of nitrogens with one attached hydrogen (secondary N) is 2. The van der Waals surface area contributed by atoms with Gasteiger partial charge in [0.2, 0.25) is 5.91 Å². The van der Waals surface area contributed by atoms with Crippen LogP contribution >= 0.6 is 12.4 Å². The first-order chi connectivity index (χ1) is 5.77. The summed E-state index contributed by atoms with van der Waals surface area (Å²) in [5, 5.41) is 5.88.